The van der Waals surface area contributed by atoms with Crippen LogP contribution in [0.3, 0.4) is 0 Å². The summed E-state index contributed by atoms with van der Waals surface area (Å²) in [6, 6.07) is 3.95. The molecule has 1 aromatic rings. The van der Waals surface area contributed by atoms with Crippen LogP contribution in [0.2, 0.25) is 0 Å². The molecule has 1 aromatic carbocycles. The maximum absolute atomic E-state index is 13.4. The maximum Gasteiger partial charge on any atom is 0.321 e. The van der Waals surface area contributed by atoms with E-state index in [0.717, 1.165) is 26.1 Å². The maximum atomic E-state index is 13.4. The smallest absolute Gasteiger partial charge is 0.321 e. The molecule has 0 radical (unpaired) electrons. The van der Waals surface area contributed by atoms with Crippen LogP contribution in [0.25, 0.3) is 0 Å². The Morgan fingerprint density at radius 1 is 1.29 bits per heavy atom. The number of urea groups is 1. The van der Waals surface area contributed by atoms with Crippen molar-refractivity contribution in [3.8, 4) is 5.75 Å². The first-order valence-electron chi connectivity index (χ1n) is 8.77. The molecule has 5 nitrogen and oxygen atoms in total. The van der Waals surface area contributed by atoms with Crippen molar-refractivity contribution in [2.75, 3.05) is 45.2 Å². The molecular weight excluding hydrogens is 309 g/mol. The molecule has 2 saturated heterocycles. The Kier molecular flexibility index (Phi) is 5.56. The number of ether oxygens (including phenoxy) is 1. The van der Waals surface area contributed by atoms with Gasteiger partial charge in [-0.25, -0.2) is 9.18 Å². The van der Waals surface area contributed by atoms with E-state index in [1.807, 2.05) is 4.90 Å². The molecular formula is C18H26FN3O2. The Bertz CT molecular complexity index is 575. The van der Waals surface area contributed by atoms with Gasteiger partial charge >= 0.3 is 6.03 Å². The van der Waals surface area contributed by atoms with Crippen molar-refractivity contribution in [1.29, 1.82) is 0 Å². The Morgan fingerprint density at radius 3 is 2.83 bits per heavy atom. The first-order valence-corrected chi connectivity index (χ1v) is 8.77. The summed E-state index contributed by atoms with van der Waals surface area (Å²) in [7, 11) is 1.51. The molecule has 0 bridgehead atoms. The van der Waals surface area contributed by atoms with E-state index in [1.165, 1.54) is 57.7 Å². The topological polar surface area (TPSA) is 44.8 Å². The van der Waals surface area contributed by atoms with Crippen LogP contribution in [0, 0.1) is 11.7 Å². The molecule has 0 aromatic heterocycles. The van der Waals surface area contributed by atoms with Gasteiger partial charge in [-0.05, 0) is 50.4 Å². The first kappa shape index (κ1) is 17.0. The summed E-state index contributed by atoms with van der Waals surface area (Å²) in [5, 5.41) is 2.78. The highest BCUT2D eigenvalue weighted by Crippen LogP contribution is 2.26. The summed E-state index contributed by atoms with van der Waals surface area (Å²) in [6.07, 6.45) is 4.95. The van der Waals surface area contributed by atoms with Gasteiger partial charge in [-0.15, -0.1) is 0 Å². The zero-order chi connectivity index (χ0) is 16.9. The van der Waals surface area contributed by atoms with Gasteiger partial charge < -0.3 is 19.9 Å². The lowest BCUT2D eigenvalue weighted by Crippen LogP contribution is -2.37. The van der Waals surface area contributed by atoms with Crippen LogP contribution in [0.1, 0.15) is 25.7 Å². The number of benzene rings is 1. The molecule has 3 rings (SSSR count). The summed E-state index contributed by atoms with van der Waals surface area (Å²) < 4.78 is 18.6. The monoisotopic (exact) mass is 335 g/mol. The van der Waals surface area contributed by atoms with Crippen LogP contribution < -0.4 is 10.1 Å². The second kappa shape index (κ2) is 7.83. The fourth-order valence-corrected chi connectivity index (χ4v) is 3.65. The lowest BCUT2D eigenvalue weighted by Gasteiger charge is -2.29. The molecule has 2 fully saturated rings. The largest absolute Gasteiger partial charge is 0.495 e. The predicted molar refractivity (Wildman–Crippen MR) is 91.9 cm³/mol. The minimum absolute atomic E-state index is 0.181. The highest BCUT2D eigenvalue weighted by atomic mass is 19.1. The number of likely N-dealkylation sites (tertiary alicyclic amines) is 2. The van der Waals surface area contributed by atoms with Gasteiger partial charge in [-0.1, -0.05) is 6.42 Å². The SMILES string of the molecule is COc1ccc(F)cc1NC(=O)N1CC[C@@H](CN2CCCCC2)C1. The highest BCUT2D eigenvalue weighted by molar-refractivity contribution is 5.91. The summed E-state index contributed by atoms with van der Waals surface area (Å²) in [6.45, 7) is 4.96. The number of rotatable bonds is 4. The number of halogens is 1. The molecule has 2 heterocycles. The van der Waals surface area contributed by atoms with E-state index in [4.69, 9.17) is 4.74 Å². The second-order valence-electron chi connectivity index (χ2n) is 6.74. The zero-order valence-electron chi connectivity index (χ0n) is 14.3. The van der Waals surface area contributed by atoms with Gasteiger partial charge in [0.1, 0.15) is 11.6 Å². The number of hydrogen-bond acceptors (Lipinski definition) is 3. The molecule has 1 N–H and O–H groups in total. The van der Waals surface area contributed by atoms with E-state index >= 15 is 0 Å². The Balaban J connectivity index is 1.53. The van der Waals surface area contributed by atoms with Crippen molar-refractivity contribution in [3.63, 3.8) is 0 Å². The lowest BCUT2D eigenvalue weighted by molar-refractivity contribution is 0.192. The van der Waals surface area contributed by atoms with Crippen molar-refractivity contribution in [2.24, 2.45) is 5.92 Å². The minimum atomic E-state index is -0.393. The number of piperidine rings is 1. The first-order chi connectivity index (χ1) is 11.7. The average Bonchev–Trinajstić information content (AvgIpc) is 3.05. The molecule has 0 spiro atoms. The van der Waals surface area contributed by atoms with Gasteiger partial charge in [0.25, 0.3) is 0 Å². The molecule has 24 heavy (non-hydrogen) atoms. The van der Waals surface area contributed by atoms with Gasteiger partial charge in [0, 0.05) is 25.7 Å². The molecule has 0 unspecified atom stereocenters. The van der Waals surface area contributed by atoms with E-state index in [1.54, 1.807) is 0 Å². The summed E-state index contributed by atoms with van der Waals surface area (Å²) in [4.78, 5) is 16.8. The molecule has 6 heteroatoms. The van der Waals surface area contributed by atoms with E-state index in [0.29, 0.717) is 17.4 Å². The van der Waals surface area contributed by atoms with Crippen molar-refractivity contribution >= 4 is 11.7 Å². The summed E-state index contributed by atoms with van der Waals surface area (Å²) in [5.41, 5.74) is 0.377. The van der Waals surface area contributed by atoms with Gasteiger partial charge in [-0.2, -0.15) is 0 Å². The fourth-order valence-electron chi connectivity index (χ4n) is 3.65. The number of methoxy groups -OCH3 is 1. The van der Waals surface area contributed by atoms with Crippen LogP contribution in [0.5, 0.6) is 5.75 Å². The van der Waals surface area contributed by atoms with Gasteiger partial charge in [-0.3, -0.25) is 0 Å². The van der Waals surface area contributed by atoms with Crippen LogP contribution >= 0.6 is 0 Å². The second-order valence-corrected chi connectivity index (χ2v) is 6.74. The number of hydrogen-bond donors (Lipinski definition) is 1. The van der Waals surface area contributed by atoms with E-state index in [2.05, 4.69) is 10.2 Å². The fraction of sp³-hybridized carbons (Fsp3) is 0.611. The van der Waals surface area contributed by atoms with Crippen LogP contribution in [-0.4, -0.2) is 55.7 Å². The van der Waals surface area contributed by atoms with Crippen molar-refractivity contribution < 1.29 is 13.9 Å². The average molecular weight is 335 g/mol. The van der Waals surface area contributed by atoms with E-state index < -0.39 is 5.82 Å². The third-order valence-electron chi connectivity index (χ3n) is 4.94. The highest BCUT2D eigenvalue weighted by Gasteiger charge is 2.28. The Hall–Kier alpha value is -1.82. The quantitative estimate of drug-likeness (QED) is 0.919. The number of carbonyl (C=O) groups is 1. The summed E-state index contributed by atoms with van der Waals surface area (Å²) in [5.74, 6) is 0.604. The van der Waals surface area contributed by atoms with Crippen molar-refractivity contribution in [3.05, 3.63) is 24.0 Å². The molecule has 2 amide bonds. The molecule has 2 aliphatic heterocycles. The molecule has 0 saturated carbocycles. The number of anilines is 1. The van der Waals surface area contributed by atoms with Crippen LogP contribution in [-0.2, 0) is 0 Å². The Labute approximate surface area is 142 Å². The third-order valence-corrected chi connectivity index (χ3v) is 4.94. The number of carbonyl (C=O) groups excluding carboxylic acids is 1. The molecule has 132 valence electrons. The molecule has 1 atom stereocenters. The standard InChI is InChI=1S/C18H26FN3O2/c1-24-17-6-5-15(19)11-16(17)20-18(23)22-10-7-14(13-22)12-21-8-3-2-4-9-21/h5-6,11,14H,2-4,7-10,12-13H2,1H3,(H,20,23)/t14-/m0/s1. The normalized spacial score (nSPS) is 21.8. The van der Waals surface area contributed by atoms with Crippen molar-refractivity contribution in [2.45, 2.75) is 25.7 Å². The minimum Gasteiger partial charge on any atom is -0.495 e. The summed E-state index contributed by atoms with van der Waals surface area (Å²) >= 11 is 0. The lowest BCUT2D eigenvalue weighted by atomic mass is 10.1. The number of nitrogens with zero attached hydrogens (tertiary/aromatic N) is 2. The van der Waals surface area contributed by atoms with Gasteiger partial charge in [0.15, 0.2) is 0 Å². The van der Waals surface area contributed by atoms with Gasteiger partial charge in [0.05, 0.1) is 12.8 Å². The van der Waals surface area contributed by atoms with E-state index in [-0.39, 0.29) is 6.03 Å². The van der Waals surface area contributed by atoms with Gasteiger partial charge in [0.2, 0.25) is 0 Å². The van der Waals surface area contributed by atoms with Crippen LogP contribution in [0.4, 0.5) is 14.9 Å². The zero-order valence-corrected chi connectivity index (χ0v) is 14.3. The van der Waals surface area contributed by atoms with E-state index in [9.17, 15) is 9.18 Å². The third kappa shape index (κ3) is 4.17. The molecule has 2 aliphatic rings. The molecule has 0 aliphatic carbocycles. The predicted octanol–water partition coefficient (Wildman–Crippen LogP) is 3.17. The van der Waals surface area contributed by atoms with Crippen LogP contribution in [0.15, 0.2) is 18.2 Å². The Morgan fingerprint density at radius 2 is 2.08 bits per heavy atom. The van der Waals surface area contributed by atoms with Crippen molar-refractivity contribution in [1.82, 2.24) is 9.80 Å². The number of nitrogens with one attached hydrogen (secondary N) is 1. The number of amides is 2.